The fraction of sp³-hybridized carbons (Fsp3) is 0.222. The molecule has 3 nitrogen and oxygen atoms in total. The summed E-state index contributed by atoms with van der Waals surface area (Å²) in [5, 5.41) is 0. The Hall–Kier alpha value is -0.940. The van der Waals surface area contributed by atoms with Gasteiger partial charge in [-0.25, -0.2) is 4.39 Å². The minimum Gasteiger partial charge on any atom is -0.370 e. The molecular weight excluding hydrogens is 251 g/mol. The van der Waals surface area contributed by atoms with Gasteiger partial charge in [-0.2, -0.15) is 0 Å². The average Bonchev–Trinajstić information content (AvgIpc) is 2.08. The van der Waals surface area contributed by atoms with E-state index >= 15 is 0 Å². The lowest BCUT2D eigenvalue weighted by atomic mass is 10.0. The summed E-state index contributed by atoms with van der Waals surface area (Å²) in [7, 11) is 0. The Balaban J connectivity index is 2.93. The molecule has 0 spiro atoms. The second-order valence-corrected chi connectivity index (χ2v) is 3.86. The number of benzene rings is 1. The molecule has 1 amide bonds. The molecule has 0 fully saturated rings. The molecule has 0 saturated carbocycles. The molecule has 4 N–H and O–H groups in total. The van der Waals surface area contributed by atoms with Crippen LogP contribution in [0.15, 0.2) is 22.7 Å². The minimum absolute atomic E-state index is 0.0621. The van der Waals surface area contributed by atoms with E-state index in [0.717, 1.165) is 0 Å². The maximum absolute atomic E-state index is 13.2. The van der Waals surface area contributed by atoms with Gasteiger partial charge in [0.15, 0.2) is 0 Å². The van der Waals surface area contributed by atoms with Gasteiger partial charge in [-0.1, -0.05) is 15.9 Å². The van der Waals surface area contributed by atoms with Crippen molar-refractivity contribution < 1.29 is 9.18 Å². The second-order valence-electron chi connectivity index (χ2n) is 2.94. The van der Waals surface area contributed by atoms with Gasteiger partial charge in [0.25, 0.3) is 0 Å². The summed E-state index contributed by atoms with van der Waals surface area (Å²) in [6, 6.07) is 3.71. The van der Waals surface area contributed by atoms with Crippen molar-refractivity contribution >= 4 is 21.8 Å². The van der Waals surface area contributed by atoms with Crippen LogP contribution in [0.5, 0.6) is 0 Å². The Morgan fingerprint density at radius 1 is 1.57 bits per heavy atom. The van der Waals surface area contributed by atoms with Crippen molar-refractivity contribution in [2.75, 3.05) is 0 Å². The van der Waals surface area contributed by atoms with Crippen molar-refractivity contribution in [3.63, 3.8) is 0 Å². The lowest BCUT2D eigenvalue weighted by Crippen LogP contribution is -2.21. The van der Waals surface area contributed by atoms with Crippen LogP contribution in [0, 0.1) is 5.82 Å². The maximum atomic E-state index is 13.2. The number of amides is 1. The quantitative estimate of drug-likeness (QED) is 0.864. The molecule has 0 bridgehead atoms. The number of carbonyl (C=O) groups excluding carboxylic acids is 1. The third-order valence-electron chi connectivity index (χ3n) is 1.78. The van der Waals surface area contributed by atoms with Crippen LogP contribution in [0.2, 0.25) is 0 Å². The van der Waals surface area contributed by atoms with E-state index in [-0.39, 0.29) is 12.0 Å². The normalized spacial score (nSPS) is 12.5. The third kappa shape index (κ3) is 2.78. The van der Waals surface area contributed by atoms with Gasteiger partial charge in [0, 0.05) is 22.5 Å². The molecule has 1 rings (SSSR count). The minimum atomic E-state index is -0.690. The van der Waals surface area contributed by atoms with Gasteiger partial charge in [-0.05, 0) is 18.2 Å². The van der Waals surface area contributed by atoms with E-state index in [1.54, 1.807) is 12.1 Å². The Morgan fingerprint density at radius 3 is 2.79 bits per heavy atom. The fourth-order valence-corrected chi connectivity index (χ4v) is 1.50. The molecule has 0 radical (unpaired) electrons. The maximum Gasteiger partial charge on any atom is 0.219 e. The zero-order chi connectivity index (χ0) is 10.7. The number of halogens is 2. The highest BCUT2D eigenvalue weighted by Gasteiger charge is 2.13. The molecule has 14 heavy (non-hydrogen) atoms. The van der Waals surface area contributed by atoms with Crippen LogP contribution in [0.4, 0.5) is 4.39 Å². The topological polar surface area (TPSA) is 69.1 Å². The lowest BCUT2D eigenvalue weighted by Gasteiger charge is -2.11. The monoisotopic (exact) mass is 260 g/mol. The van der Waals surface area contributed by atoms with Crippen molar-refractivity contribution in [1.82, 2.24) is 0 Å². The zero-order valence-corrected chi connectivity index (χ0v) is 8.92. The van der Waals surface area contributed by atoms with Crippen molar-refractivity contribution in [3.05, 3.63) is 34.1 Å². The van der Waals surface area contributed by atoms with Crippen LogP contribution in [0.3, 0.4) is 0 Å². The molecule has 0 aliphatic heterocycles. The summed E-state index contributed by atoms with van der Waals surface area (Å²) in [4.78, 5) is 10.6. The predicted octanol–water partition coefficient (Wildman–Crippen LogP) is 1.46. The summed E-state index contributed by atoms with van der Waals surface area (Å²) in [6.07, 6.45) is -0.0621. The van der Waals surface area contributed by atoms with E-state index in [4.69, 9.17) is 11.5 Å². The van der Waals surface area contributed by atoms with Gasteiger partial charge in [-0.15, -0.1) is 0 Å². The number of rotatable bonds is 3. The van der Waals surface area contributed by atoms with E-state index < -0.39 is 17.8 Å². The Bertz CT molecular complexity index is 357. The summed E-state index contributed by atoms with van der Waals surface area (Å²) >= 11 is 3.19. The highest BCUT2D eigenvalue weighted by molar-refractivity contribution is 9.10. The summed E-state index contributed by atoms with van der Waals surface area (Å²) in [6.45, 7) is 0. The Labute approximate surface area is 89.4 Å². The first-order valence-corrected chi connectivity index (χ1v) is 4.79. The first-order valence-electron chi connectivity index (χ1n) is 3.99. The summed E-state index contributed by atoms with van der Waals surface area (Å²) in [5.74, 6) is -0.973. The summed E-state index contributed by atoms with van der Waals surface area (Å²) < 4.78 is 13.9. The van der Waals surface area contributed by atoms with Gasteiger partial charge in [0.2, 0.25) is 5.91 Å². The van der Waals surface area contributed by atoms with Crippen LogP contribution in [0.25, 0.3) is 0 Å². The van der Waals surface area contributed by atoms with Gasteiger partial charge < -0.3 is 11.5 Å². The molecule has 0 unspecified atom stereocenters. The van der Waals surface area contributed by atoms with Crippen LogP contribution >= 0.6 is 15.9 Å². The number of primary amides is 1. The van der Waals surface area contributed by atoms with E-state index in [1.165, 1.54) is 6.07 Å². The SMILES string of the molecule is NC(=O)C[C@H](N)c1cc(Br)ccc1F. The Morgan fingerprint density at radius 2 is 2.21 bits per heavy atom. The number of nitrogens with two attached hydrogens (primary N) is 2. The fourth-order valence-electron chi connectivity index (χ4n) is 1.13. The van der Waals surface area contributed by atoms with E-state index in [0.29, 0.717) is 4.47 Å². The average molecular weight is 261 g/mol. The van der Waals surface area contributed by atoms with Crippen molar-refractivity contribution in [2.45, 2.75) is 12.5 Å². The molecule has 0 aliphatic carbocycles. The van der Waals surface area contributed by atoms with E-state index in [9.17, 15) is 9.18 Å². The molecular formula is C9H10BrFN2O. The van der Waals surface area contributed by atoms with Gasteiger partial charge in [0.1, 0.15) is 5.82 Å². The van der Waals surface area contributed by atoms with Crippen LogP contribution in [-0.4, -0.2) is 5.91 Å². The molecule has 1 aromatic rings. The molecule has 0 aromatic heterocycles. The summed E-state index contributed by atoms with van der Waals surface area (Å²) in [5.41, 5.74) is 10.9. The van der Waals surface area contributed by atoms with Crippen LogP contribution < -0.4 is 11.5 Å². The first kappa shape index (κ1) is 11.1. The molecule has 0 saturated heterocycles. The standard InChI is InChI=1S/C9H10BrFN2O/c10-5-1-2-7(11)6(3-5)8(12)4-9(13)14/h1-3,8H,4,12H2,(H2,13,14)/t8-/m0/s1. The van der Waals surface area contributed by atoms with Crippen molar-refractivity contribution in [1.29, 1.82) is 0 Å². The first-order chi connectivity index (χ1) is 6.50. The van der Waals surface area contributed by atoms with E-state index in [1.807, 2.05) is 0 Å². The van der Waals surface area contributed by atoms with Crippen LogP contribution in [-0.2, 0) is 4.79 Å². The molecule has 5 heteroatoms. The van der Waals surface area contributed by atoms with Gasteiger partial charge >= 0.3 is 0 Å². The van der Waals surface area contributed by atoms with Crippen LogP contribution in [0.1, 0.15) is 18.0 Å². The van der Waals surface area contributed by atoms with Gasteiger partial charge in [-0.3, -0.25) is 4.79 Å². The molecule has 1 atom stereocenters. The second kappa shape index (κ2) is 4.52. The smallest absolute Gasteiger partial charge is 0.219 e. The highest BCUT2D eigenvalue weighted by Crippen LogP contribution is 2.21. The zero-order valence-electron chi connectivity index (χ0n) is 7.34. The molecule has 0 aliphatic rings. The van der Waals surface area contributed by atoms with Crippen molar-refractivity contribution in [3.8, 4) is 0 Å². The Kier molecular flexibility index (Phi) is 3.60. The molecule has 76 valence electrons. The number of hydrogen-bond acceptors (Lipinski definition) is 2. The highest BCUT2D eigenvalue weighted by atomic mass is 79.9. The van der Waals surface area contributed by atoms with E-state index in [2.05, 4.69) is 15.9 Å². The predicted molar refractivity (Wildman–Crippen MR) is 54.8 cm³/mol. The third-order valence-corrected chi connectivity index (χ3v) is 2.27. The largest absolute Gasteiger partial charge is 0.370 e. The lowest BCUT2D eigenvalue weighted by molar-refractivity contribution is -0.118. The van der Waals surface area contributed by atoms with Crippen molar-refractivity contribution in [2.24, 2.45) is 11.5 Å². The molecule has 1 aromatic carbocycles. The number of hydrogen-bond donors (Lipinski definition) is 2. The number of carbonyl (C=O) groups is 1. The molecule has 0 heterocycles. The van der Waals surface area contributed by atoms with Gasteiger partial charge in [0.05, 0.1) is 0 Å².